The Balaban J connectivity index is 2.82. The van der Waals surface area contributed by atoms with Crippen molar-refractivity contribution in [3.63, 3.8) is 0 Å². The summed E-state index contributed by atoms with van der Waals surface area (Å²) >= 11 is 1.48. The van der Waals surface area contributed by atoms with Crippen LogP contribution in [0.3, 0.4) is 0 Å². The summed E-state index contributed by atoms with van der Waals surface area (Å²) in [6.45, 7) is 1.87. The van der Waals surface area contributed by atoms with Gasteiger partial charge in [-0.2, -0.15) is 4.39 Å². The molecule has 0 saturated carbocycles. The van der Waals surface area contributed by atoms with Gasteiger partial charge in [-0.25, -0.2) is 4.98 Å². The van der Waals surface area contributed by atoms with Crippen molar-refractivity contribution in [1.29, 1.82) is 0 Å². The molecule has 0 aliphatic heterocycles. The highest BCUT2D eigenvalue weighted by Crippen LogP contribution is 2.37. The van der Waals surface area contributed by atoms with Gasteiger partial charge >= 0.3 is 0 Å². The predicted octanol–water partition coefficient (Wildman–Crippen LogP) is 2.76. The predicted molar refractivity (Wildman–Crippen MR) is 57.4 cm³/mol. The summed E-state index contributed by atoms with van der Waals surface area (Å²) in [4.78, 5) is 4.22. The molecule has 5 heteroatoms. The van der Waals surface area contributed by atoms with Crippen molar-refractivity contribution in [2.24, 2.45) is 0 Å². The van der Waals surface area contributed by atoms with Crippen molar-refractivity contribution in [1.82, 2.24) is 4.98 Å². The number of rotatable bonds is 2. The molecule has 80 valence electrons. The van der Waals surface area contributed by atoms with Gasteiger partial charge in [0.15, 0.2) is 11.5 Å². The van der Waals surface area contributed by atoms with Crippen LogP contribution in [0, 0.1) is 12.7 Å². The van der Waals surface area contributed by atoms with Crippen LogP contribution in [0.2, 0.25) is 0 Å². The molecular weight excluding hydrogens is 217 g/mol. The molecule has 0 aliphatic carbocycles. The zero-order chi connectivity index (χ0) is 11.0. The van der Waals surface area contributed by atoms with Crippen LogP contribution < -0.4 is 9.47 Å². The Bertz CT molecular complexity index is 510. The van der Waals surface area contributed by atoms with Gasteiger partial charge in [0.25, 0.3) is 0 Å². The van der Waals surface area contributed by atoms with Crippen LogP contribution >= 0.6 is 11.3 Å². The van der Waals surface area contributed by atoms with E-state index in [1.54, 1.807) is 6.07 Å². The first-order valence-corrected chi connectivity index (χ1v) is 5.16. The van der Waals surface area contributed by atoms with E-state index in [1.807, 2.05) is 6.92 Å². The Kier molecular flexibility index (Phi) is 2.48. The Morgan fingerprint density at radius 2 is 2.07 bits per heavy atom. The fourth-order valence-corrected chi connectivity index (χ4v) is 2.29. The van der Waals surface area contributed by atoms with Crippen LogP contribution in [0.5, 0.6) is 11.5 Å². The molecule has 2 aromatic rings. The molecule has 3 nitrogen and oxygen atoms in total. The monoisotopic (exact) mass is 227 g/mol. The first-order chi connectivity index (χ1) is 7.17. The number of aromatic nitrogens is 1. The third-order valence-corrected chi connectivity index (χ3v) is 3.00. The third-order valence-electron chi connectivity index (χ3n) is 2.08. The number of hydrogen-bond donors (Lipinski definition) is 0. The average molecular weight is 227 g/mol. The van der Waals surface area contributed by atoms with E-state index in [2.05, 4.69) is 4.98 Å². The Morgan fingerprint density at radius 3 is 2.67 bits per heavy atom. The maximum Gasteiger partial charge on any atom is 0.209 e. The fourth-order valence-electron chi connectivity index (χ4n) is 1.44. The molecule has 2 rings (SSSR count). The van der Waals surface area contributed by atoms with Gasteiger partial charge in [0.1, 0.15) is 5.52 Å². The van der Waals surface area contributed by atoms with E-state index in [0.717, 1.165) is 9.71 Å². The van der Waals surface area contributed by atoms with E-state index in [1.165, 1.54) is 25.6 Å². The minimum atomic E-state index is -0.502. The SMILES string of the molecule is COc1cc2sc(C)nc2c(OC)c1F. The van der Waals surface area contributed by atoms with Crippen LogP contribution in [0.15, 0.2) is 6.07 Å². The van der Waals surface area contributed by atoms with E-state index in [9.17, 15) is 4.39 Å². The number of benzene rings is 1. The van der Waals surface area contributed by atoms with Crippen LogP contribution in [-0.2, 0) is 0 Å². The molecule has 0 unspecified atom stereocenters. The van der Waals surface area contributed by atoms with Crippen LogP contribution in [0.4, 0.5) is 4.39 Å². The quantitative estimate of drug-likeness (QED) is 0.790. The molecule has 0 spiro atoms. The smallest absolute Gasteiger partial charge is 0.209 e. The summed E-state index contributed by atoms with van der Waals surface area (Å²) in [5, 5.41) is 0.871. The van der Waals surface area contributed by atoms with Crippen LogP contribution in [0.1, 0.15) is 5.01 Å². The van der Waals surface area contributed by atoms with Gasteiger partial charge in [0.2, 0.25) is 5.82 Å². The van der Waals surface area contributed by atoms with Gasteiger partial charge in [0, 0.05) is 6.07 Å². The molecule has 0 saturated heterocycles. The van der Waals surface area contributed by atoms with Gasteiger partial charge in [-0.3, -0.25) is 0 Å². The second kappa shape index (κ2) is 3.66. The number of ether oxygens (including phenoxy) is 2. The molecule has 0 aliphatic rings. The third kappa shape index (κ3) is 1.52. The lowest BCUT2D eigenvalue weighted by Crippen LogP contribution is -1.94. The van der Waals surface area contributed by atoms with Crippen molar-refractivity contribution in [3.05, 3.63) is 16.9 Å². The Labute approximate surface area is 90.5 Å². The summed E-state index contributed by atoms with van der Waals surface area (Å²) in [5.74, 6) is -0.172. The van der Waals surface area contributed by atoms with Crippen molar-refractivity contribution in [2.75, 3.05) is 14.2 Å². The van der Waals surface area contributed by atoms with Crippen LogP contribution in [0.25, 0.3) is 10.2 Å². The second-order valence-corrected chi connectivity index (χ2v) is 4.24. The van der Waals surface area contributed by atoms with E-state index in [0.29, 0.717) is 5.52 Å². The van der Waals surface area contributed by atoms with Gasteiger partial charge in [0.05, 0.1) is 23.9 Å². The number of nitrogens with zero attached hydrogens (tertiary/aromatic N) is 1. The van der Waals surface area contributed by atoms with Crippen molar-refractivity contribution >= 4 is 21.6 Å². The normalized spacial score (nSPS) is 10.7. The lowest BCUT2D eigenvalue weighted by molar-refractivity contribution is 0.354. The van der Waals surface area contributed by atoms with Crippen LogP contribution in [-0.4, -0.2) is 19.2 Å². The Hall–Kier alpha value is -1.36. The first kappa shape index (κ1) is 10.2. The minimum Gasteiger partial charge on any atom is -0.493 e. The van der Waals surface area contributed by atoms with Crippen molar-refractivity contribution in [3.8, 4) is 11.5 Å². The molecule has 1 heterocycles. The average Bonchev–Trinajstić information content (AvgIpc) is 2.57. The molecule has 0 atom stereocenters. The highest BCUT2D eigenvalue weighted by molar-refractivity contribution is 7.18. The highest BCUT2D eigenvalue weighted by atomic mass is 32.1. The van der Waals surface area contributed by atoms with Crippen molar-refractivity contribution < 1.29 is 13.9 Å². The maximum atomic E-state index is 13.7. The standard InChI is InChI=1S/C10H10FNO2S/c1-5-12-9-7(15-5)4-6(13-2)8(11)10(9)14-3/h4H,1-3H3. The first-order valence-electron chi connectivity index (χ1n) is 4.35. The minimum absolute atomic E-state index is 0.147. The summed E-state index contributed by atoms with van der Waals surface area (Å²) in [5.41, 5.74) is 0.554. The molecule has 0 bridgehead atoms. The fraction of sp³-hybridized carbons (Fsp3) is 0.300. The molecular formula is C10H10FNO2S. The summed E-state index contributed by atoms with van der Waals surface area (Å²) in [6.07, 6.45) is 0. The summed E-state index contributed by atoms with van der Waals surface area (Å²) in [7, 11) is 2.85. The second-order valence-electron chi connectivity index (χ2n) is 3.01. The van der Waals surface area contributed by atoms with E-state index in [-0.39, 0.29) is 11.5 Å². The van der Waals surface area contributed by atoms with E-state index in [4.69, 9.17) is 9.47 Å². The number of methoxy groups -OCH3 is 2. The molecule has 15 heavy (non-hydrogen) atoms. The lowest BCUT2D eigenvalue weighted by atomic mass is 10.3. The number of fused-ring (bicyclic) bond motifs is 1. The molecule has 1 aromatic carbocycles. The van der Waals surface area contributed by atoms with E-state index >= 15 is 0 Å². The van der Waals surface area contributed by atoms with Gasteiger partial charge in [-0.1, -0.05) is 0 Å². The topological polar surface area (TPSA) is 31.4 Å². The number of halogens is 1. The maximum absolute atomic E-state index is 13.7. The summed E-state index contributed by atoms with van der Waals surface area (Å²) in [6, 6.07) is 1.64. The number of hydrogen-bond acceptors (Lipinski definition) is 4. The molecule has 0 radical (unpaired) electrons. The van der Waals surface area contributed by atoms with Gasteiger partial charge in [-0.05, 0) is 6.92 Å². The number of thiazole rings is 1. The van der Waals surface area contributed by atoms with Crippen molar-refractivity contribution in [2.45, 2.75) is 6.92 Å². The van der Waals surface area contributed by atoms with Gasteiger partial charge in [-0.15, -0.1) is 11.3 Å². The highest BCUT2D eigenvalue weighted by Gasteiger charge is 2.17. The summed E-state index contributed by atoms with van der Waals surface area (Å²) < 4.78 is 24.5. The number of aryl methyl sites for hydroxylation is 1. The zero-order valence-corrected chi connectivity index (χ0v) is 9.44. The zero-order valence-electron chi connectivity index (χ0n) is 8.63. The molecule has 0 N–H and O–H groups in total. The van der Waals surface area contributed by atoms with E-state index < -0.39 is 5.82 Å². The molecule has 0 amide bonds. The van der Waals surface area contributed by atoms with Gasteiger partial charge < -0.3 is 9.47 Å². The largest absolute Gasteiger partial charge is 0.493 e. The Morgan fingerprint density at radius 1 is 1.33 bits per heavy atom. The molecule has 1 aromatic heterocycles. The molecule has 0 fully saturated rings. The lowest BCUT2D eigenvalue weighted by Gasteiger charge is -2.06.